The Hall–Kier alpha value is -2.83. The highest BCUT2D eigenvalue weighted by atomic mass is 16.3. The first-order valence-corrected chi connectivity index (χ1v) is 8.04. The van der Waals surface area contributed by atoms with E-state index in [-0.39, 0.29) is 23.1 Å². The lowest BCUT2D eigenvalue weighted by Crippen LogP contribution is -2.48. The number of H-pyrrole nitrogens is 1. The average molecular weight is 339 g/mol. The minimum Gasteiger partial charge on any atom is -0.508 e. The molecule has 0 aliphatic carbocycles. The molecular weight excluding hydrogens is 318 g/mol. The Bertz CT molecular complexity index is 821. The van der Waals surface area contributed by atoms with Gasteiger partial charge in [-0.1, -0.05) is 30.3 Å². The van der Waals surface area contributed by atoms with Gasteiger partial charge in [-0.3, -0.25) is 5.32 Å². The van der Waals surface area contributed by atoms with E-state index in [4.69, 9.17) is 0 Å². The normalized spacial score (nSPS) is 14.8. The minimum absolute atomic E-state index is 0.0369. The zero-order chi connectivity index (χ0) is 17.9. The van der Waals surface area contributed by atoms with Gasteiger partial charge in [0.05, 0.1) is 6.33 Å². The van der Waals surface area contributed by atoms with Crippen LogP contribution >= 0.6 is 0 Å². The average Bonchev–Trinajstić information content (AvgIpc) is 3.10. The predicted octanol–water partition coefficient (Wildman–Crippen LogP) is 2.24. The third kappa shape index (κ3) is 3.65. The van der Waals surface area contributed by atoms with Gasteiger partial charge in [0.2, 0.25) is 0 Å². The van der Waals surface area contributed by atoms with Crippen molar-refractivity contribution in [3.8, 4) is 11.5 Å². The summed E-state index contributed by atoms with van der Waals surface area (Å²) in [6.07, 6.45) is 3.94. The molecule has 3 rings (SSSR count). The summed E-state index contributed by atoms with van der Waals surface area (Å²) < 4.78 is 0. The zero-order valence-electron chi connectivity index (χ0n) is 13.8. The van der Waals surface area contributed by atoms with Crippen LogP contribution in [0.15, 0.2) is 61.1 Å². The highest BCUT2D eigenvalue weighted by Gasteiger charge is 2.35. The molecule has 1 unspecified atom stereocenters. The number of hydrogen-bond donors (Lipinski definition) is 5. The van der Waals surface area contributed by atoms with Crippen LogP contribution in [0.25, 0.3) is 0 Å². The van der Waals surface area contributed by atoms with E-state index in [1.807, 2.05) is 13.0 Å². The Kier molecular flexibility index (Phi) is 4.74. The molecule has 0 saturated carbocycles. The van der Waals surface area contributed by atoms with Crippen molar-refractivity contribution in [1.82, 2.24) is 15.3 Å². The van der Waals surface area contributed by atoms with Crippen molar-refractivity contribution in [3.63, 3.8) is 0 Å². The molecule has 0 fully saturated rings. The van der Waals surface area contributed by atoms with Crippen LogP contribution in [0.5, 0.6) is 11.5 Å². The van der Waals surface area contributed by atoms with Gasteiger partial charge < -0.3 is 20.3 Å². The van der Waals surface area contributed by atoms with Crippen LogP contribution in [0.1, 0.15) is 23.7 Å². The van der Waals surface area contributed by atoms with Crippen LogP contribution < -0.4 is 5.32 Å². The van der Waals surface area contributed by atoms with Gasteiger partial charge in [-0.2, -0.15) is 0 Å². The van der Waals surface area contributed by atoms with Crippen molar-refractivity contribution in [2.45, 2.75) is 25.1 Å². The molecule has 6 heteroatoms. The second-order valence-electron chi connectivity index (χ2n) is 6.10. The molecule has 0 aliphatic heterocycles. The first kappa shape index (κ1) is 17.0. The largest absolute Gasteiger partial charge is 0.508 e. The maximum Gasteiger partial charge on any atom is 0.172 e. The SMILES string of the molecule is C[C@H](Cc1cnc[nH]1)NC(O)(c1ccccc1)c1cc(O)ccc1O. The van der Waals surface area contributed by atoms with Crippen LogP contribution in [-0.2, 0) is 12.1 Å². The molecule has 25 heavy (non-hydrogen) atoms. The lowest BCUT2D eigenvalue weighted by Gasteiger charge is -2.34. The maximum absolute atomic E-state index is 11.5. The van der Waals surface area contributed by atoms with Gasteiger partial charge >= 0.3 is 0 Å². The molecule has 6 nitrogen and oxygen atoms in total. The van der Waals surface area contributed by atoms with E-state index in [0.29, 0.717) is 12.0 Å². The summed E-state index contributed by atoms with van der Waals surface area (Å²) in [6.45, 7) is 1.93. The van der Waals surface area contributed by atoms with Crippen molar-refractivity contribution in [1.29, 1.82) is 0 Å². The number of benzene rings is 2. The maximum atomic E-state index is 11.5. The second-order valence-corrected chi connectivity index (χ2v) is 6.10. The highest BCUT2D eigenvalue weighted by molar-refractivity contribution is 5.47. The molecule has 2 aromatic carbocycles. The van der Waals surface area contributed by atoms with Gasteiger partial charge in [0.25, 0.3) is 0 Å². The lowest BCUT2D eigenvalue weighted by atomic mass is 9.92. The quantitative estimate of drug-likeness (QED) is 0.350. The number of nitrogens with one attached hydrogen (secondary N) is 2. The standard InChI is InChI=1S/C19H21N3O3/c1-13(9-15-11-20-12-21-15)22-19(25,14-5-3-2-4-6-14)17-10-16(23)7-8-18(17)24/h2-8,10-13,22-25H,9H2,1H3,(H,20,21)/t13-,19?/m1/s1. The van der Waals surface area contributed by atoms with Gasteiger partial charge in [0, 0.05) is 35.5 Å². The molecule has 2 atom stereocenters. The molecule has 0 bridgehead atoms. The molecule has 0 saturated heterocycles. The first-order chi connectivity index (χ1) is 12.0. The molecule has 0 radical (unpaired) electrons. The third-order valence-electron chi connectivity index (χ3n) is 4.10. The number of phenolic OH excluding ortho intramolecular Hbond substituents is 2. The number of imidazole rings is 1. The summed E-state index contributed by atoms with van der Waals surface area (Å²) >= 11 is 0. The Morgan fingerprint density at radius 2 is 1.92 bits per heavy atom. The van der Waals surface area contributed by atoms with Gasteiger partial charge in [-0.05, 0) is 25.1 Å². The van der Waals surface area contributed by atoms with E-state index in [2.05, 4.69) is 15.3 Å². The summed E-state index contributed by atoms with van der Waals surface area (Å²) in [7, 11) is 0. The van der Waals surface area contributed by atoms with Crippen LogP contribution in [0.3, 0.4) is 0 Å². The van der Waals surface area contributed by atoms with Crippen LogP contribution in [-0.4, -0.2) is 31.3 Å². The fourth-order valence-corrected chi connectivity index (χ4v) is 2.94. The van der Waals surface area contributed by atoms with E-state index in [9.17, 15) is 15.3 Å². The Morgan fingerprint density at radius 3 is 2.60 bits per heavy atom. The Morgan fingerprint density at radius 1 is 1.16 bits per heavy atom. The minimum atomic E-state index is -1.66. The summed E-state index contributed by atoms with van der Waals surface area (Å²) in [4.78, 5) is 7.03. The Balaban J connectivity index is 1.99. The van der Waals surface area contributed by atoms with E-state index < -0.39 is 5.72 Å². The van der Waals surface area contributed by atoms with Crippen molar-refractivity contribution >= 4 is 0 Å². The molecule has 1 heterocycles. The van der Waals surface area contributed by atoms with Crippen molar-refractivity contribution in [3.05, 3.63) is 77.9 Å². The lowest BCUT2D eigenvalue weighted by molar-refractivity contribution is 0.0297. The highest BCUT2D eigenvalue weighted by Crippen LogP contribution is 2.35. The molecule has 130 valence electrons. The topological polar surface area (TPSA) is 101 Å². The van der Waals surface area contributed by atoms with E-state index >= 15 is 0 Å². The smallest absolute Gasteiger partial charge is 0.172 e. The number of aromatic hydroxyl groups is 2. The van der Waals surface area contributed by atoms with Gasteiger partial charge in [0.15, 0.2) is 5.72 Å². The Labute approximate surface area is 145 Å². The molecule has 0 aliphatic rings. The first-order valence-electron chi connectivity index (χ1n) is 8.04. The zero-order valence-corrected chi connectivity index (χ0v) is 13.8. The predicted molar refractivity (Wildman–Crippen MR) is 94.1 cm³/mol. The van der Waals surface area contributed by atoms with Crippen molar-refractivity contribution in [2.75, 3.05) is 0 Å². The summed E-state index contributed by atoms with van der Waals surface area (Å²) in [5, 5.41) is 34.7. The number of aliphatic hydroxyl groups is 1. The van der Waals surface area contributed by atoms with Gasteiger partial charge in [0.1, 0.15) is 11.5 Å². The van der Waals surface area contributed by atoms with E-state index in [1.54, 1.807) is 36.8 Å². The van der Waals surface area contributed by atoms with Gasteiger partial charge in [-0.15, -0.1) is 0 Å². The van der Waals surface area contributed by atoms with Gasteiger partial charge in [-0.25, -0.2) is 4.98 Å². The number of phenols is 2. The summed E-state index contributed by atoms with van der Waals surface area (Å²) in [6, 6.07) is 12.9. The molecule has 0 amide bonds. The molecule has 5 N–H and O–H groups in total. The van der Waals surface area contributed by atoms with Crippen LogP contribution in [0, 0.1) is 0 Å². The van der Waals surface area contributed by atoms with Crippen LogP contribution in [0.2, 0.25) is 0 Å². The van der Waals surface area contributed by atoms with Crippen molar-refractivity contribution in [2.24, 2.45) is 0 Å². The molecule has 0 spiro atoms. The third-order valence-corrected chi connectivity index (χ3v) is 4.10. The monoisotopic (exact) mass is 339 g/mol. The number of aromatic amines is 1. The molecule has 3 aromatic rings. The summed E-state index contributed by atoms with van der Waals surface area (Å²) in [5.41, 5.74) is 0.0156. The fourth-order valence-electron chi connectivity index (χ4n) is 2.94. The van der Waals surface area contributed by atoms with E-state index in [0.717, 1.165) is 5.69 Å². The number of hydrogen-bond acceptors (Lipinski definition) is 5. The van der Waals surface area contributed by atoms with Crippen LogP contribution in [0.4, 0.5) is 0 Å². The fraction of sp³-hybridized carbons (Fsp3) is 0.211. The molecule has 1 aromatic heterocycles. The molecular formula is C19H21N3O3. The van der Waals surface area contributed by atoms with E-state index in [1.165, 1.54) is 18.2 Å². The van der Waals surface area contributed by atoms with Crippen molar-refractivity contribution < 1.29 is 15.3 Å². The summed E-state index contributed by atoms with van der Waals surface area (Å²) in [5.74, 6) is -0.143. The number of aromatic nitrogens is 2. The number of nitrogens with zero attached hydrogens (tertiary/aromatic N) is 1. The number of rotatable bonds is 6. The second kappa shape index (κ2) is 6.96.